The van der Waals surface area contributed by atoms with Crippen molar-refractivity contribution in [1.29, 1.82) is 0 Å². The average molecular weight is 1160 g/mol. The van der Waals surface area contributed by atoms with E-state index in [9.17, 15) is 4.39 Å². The van der Waals surface area contributed by atoms with Crippen LogP contribution < -0.4 is 54.1 Å². The molecule has 0 spiro atoms. The molecule has 2 aromatic heterocycles. The monoisotopic (exact) mass is 1160 g/mol. The fourth-order valence-electron chi connectivity index (χ4n) is 14.8. The molecule has 19 rings (SSSR count). The summed E-state index contributed by atoms with van der Waals surface area (Å²) in [6, 6.07) is 108. The summed E-state index contributed by atoms with van der Waals surface area (Å²) in [6.07, 6.45) is 0. The first-order valence-electron chi connectivity index (χ1n) is 29.6. The van der Waals surface area contributed by atoms with E-state index >= 15 is 0 Å². The lowest BCUT2D eigenvalue weighted by atomic mass is 9.35. The average Bonchev–Trinajstić information content (AvgIpc) is 1.59. The zero-order valence-electron chi connectivity index (χ0n) is 46.7. The van der Waals surface area contributed by atoms with E-state index < -0.39 is 0 Å². The van der Waals surface area contributed by atoms with Gasteiger partial charge in [0.15, 0.2) is 0 Å². The second-order valence-electron chi connectivity index (χ2n) is 22.8. The normalized spacial score (nSPS) is 12.7. The molecular formula is C78H50B3BrFN3. The van der Waals surface area contributed by atoms with Crippen LogP contribution in [0, 0.1) is 5.82 Å². The zero-order chi connectivity index (χ0) is 57.0. The lowest BCUT2D eigenvalue weighted by Gasteiger charge is -2.35. The highest BCUT2D eigenvalue weighted by Gasteiger charge is 2.42. The first-order valence-corrected chi connectivity index (χ1v) is 30.4. The van der Waals surface area contributed by atoms with Gasteiger partial charge in [0, 0.05) is 65.5 Å². The number of fused-ring (bicyclic) bond motifs is 15. The maximum atomic E-state index is 13.6. The number of para-hydroxylation sites is 7. The van der Waals surface area contributed by atoms with Gasteiger partial charge >= 0.3 is 0 Å². The number of hydrogen-bond acceptors (Lipinski definition) is 1. The molecule has 13 aromatic carbocycles. The number of anilines is 3. The lowest BCUT2D eigenvalue weighted by molar-refractivity contribution is 0.628. The maximum Gasteiger partial charge on any atom is 0.248 e. The molecule has 0 saturated heterocycles. The molecule has 15 aromatic rings. The van der Waals surface area contributed by atoms with E-state index in [0.29, 0.717) is 6.71 Å². The SMILES string of the molecule is Brc1ccc(B2c3ccccc3-n3c4ccccc4c4cccc2c43)cc1.Fc1ccc(B2c3ccccc3-n3c4ccccc4c4cccc2c43)cc1.c1ccc(-c2ccc(N3c4ccccc4B4c5ccccc5-c5cccc3c54)cc2)cc1. The Balaban J connectivity index is 0.000000101. The molecule has 400 valence electrons. The Hall–Kier alpha value is -10.1. The Morgan fingerprint density at radius 3 is 1.30 bits per heavy atom. The Labute approximate surface area is 508 Å². The molecule has 86 heavy (non-hydrogen) atoms. The number of nitrogens with zero attached hydrogens (tertiary/aromatic N) is 3. The molecule has 4 aliphatic rings. The number of aromatic nitrogens is 2. The van der Waals surface area contributed by atoms with Gasteiger partial charge in [0.1, 0.15) is 5.82 Å². The second kappa shape index (κ2) is 20.3. The standard InChI is InChI=1S/C30H20BN.C24H15BBrN.C24H15BFN/c1-2-9-21(10-3-1)22-17-19-23(20-18-22)32-28-15-7-6-14-27(28)31-26-13-5-4-11-24(26)25-12-8-16-29(32)30(25)31;2*26-17-14-12-16(13-15-17)25-20-8-2-4-11-23(20)27-22-10-3-1-6-18(22)19-7-5-9-21(25)24(19)27/h1-20H;2*1-15H. The van der Waals surface area contributed by atoms with Crippen molar-refractivity contribution in [2.45, 2.75) is 0 Å². The van der Waals surface area contributed by atoms with Gasteiger partial charge in [0.25, 0.3) is 0 Å². The van der Waals surface area contributed by atoms with E-state index in [1.807, 2.05) is 12.1 Å². The molecule has 0 bridgehead atoms. The van der Waals surface area contributed by atoms with Crippen molar-refractivity contribution in [2.24, 2.45) is 0 Å². The molecule has 0 amide bonds. The van der Waals surface area contributed by atoms with E-state index in [-0.39, 0.29) is 19.2 Å². The fraction of sp³-hybridized carbons (Fsp3) is 0. The summed E-state index contributed by atoms with van der Waals surface area (Å²) < 4.78 is 19.5. The number of halogens is 2. The highest BCUT2D eigenvalue weighted by atomic mass is 79.9. The van der Waals surface area contributed by atoms with Crippen molar-refractivity contribution >= 4 is 146 Å². The van der Waals surface area contributed by atoms with E-state index in [1.54, 1.807) is 12.1 Å². The minimum atomic E-state index is -0.199. The van der Waals surface area contributed by atoms with E-state index in [2.05, 4.69) is 309 Å². The van der Waals surface area contributed by atoms with Gasteiger partial charge in [-0.15, -0.1) is 0 Å². The van der Waals surface area contributed by atoms with Crippen molar-refractivity contribution in [1.82, 2.24) is 9.13 Å². The molecular weight excluding hydrogens is 1110 g/mol. The largest absolute Gasteiger partial charge is 0.312 e. The van der Waals surface area contributed by atoms with E-state index in [1.165, 1.54) is 138 Å². The highest BCUT2D eigenvalue weighted by molar-refractivity contribution is 9.10. The summed E-state index contributed by atoms with van der Waals surface area (Å²) in [5, 5.41) is 5.19. The Morgan fingerprint density at radius 2 is 0.709 bits per heavy atom. The van der Waals surface area contributed by atoms with Gasteiger partial charge < -0.3 is 14.0 Å². The molecule has 4 aliphatic heterocycles. The second-order valence-corrected chi connectivity index (χ2v) is 23.8. The van der Waals surface area contributed by atoms with Crippen LogP contribution in [0.25, 0.3) is 77.2 Å². The molecule has 6 heterocycles. The highest BCUT2D eigenvalue weighted by Crippen LogP contribution is 2.41. The van der Waals surface area contributed by atoms with Crippen LogP contribution in [0.5, 0.6) is 0 Å². The minimum absolute atomic E-state index is 0.0994. The van der Waals surface area contributed by atoms with Crippen molar-refractivity contribution in [3.63, 3.8) is 0 Å². The topological polar surface area (TPSA) is 13.1 Å². The van der Waals surface area contributed by atoms with Crippen LogP contribution in [-0.4, -0.2) is 29.3 Å². The smallest absolute Gasteiger partial charge is 0.248 e. The third kappa shape index (κ3) is 7.83. The van der Waals surface area contributed by atoms with Gasteiger partial charge in [-0.1, -0.05) is 263 Å². The third-order valence-electron chi connectivity index (χ3n) is 18.4. The first-order chi connectivity index (χ1) is 42.6. The van der Waals surface area contributed by atoms with E-state index in [0.717, 1.165) is 9.94 Å². The Morgan fingerprint density at radius 1 is 0.291 bits per heavy atom. The molecule has 3 nitrogen and oxygen atoms in total. The maximum absolute atomic E-state index is 13.6. The van der Waals surface area contributed by atoms with Gasteiger partial charge in [0.05, 0.1) is 11.0 Å². The van der Waals surface area contributed by atoms with Crippen LogP contribution in [0.3, 0.4) is 0 Å². The van der Waals surface area contributed by atoms with Crippen LogP contribution >= 0.6 is 15.9 Å². The van der Waals surface area contributed by atoms with Crippen LogP contribution in [0.2, 0.25) is 0 Å². The molecule has 0 aliphatic carbocycles. The van der Waals surface area contributed by atoms with Crippen molar-refractivity contribution in [2.75, 3.05) is 4.90 Å². The van der Waals surface area contributed by atoms with Gasteiger partial charge in [-0.05, 0) is 128 Å². The quantitative estimate of drug-likeness (QED) is 0.160. The van der Waals surface area contributed by atoms with Gasteiger partial charge in [0.2, 0.25) is 20.1 Å². The molecule has 0 unspecified atom stereocenters. The van der Waals surface area contributed by atoms with E-state index in [4.69, 9.17) is 0 Å². The summed E-state index contributed by atoms with van der Waals surface area (Å²) in [4.78, 5) is 2.44. The zero-order valence-corrected chi connectivity index (χ0v) is 48.3. The number of benzene rings is 13. The summed E-state index contributed by atoms with van der Waals surface area (Å²) in [5.74, 6) is -0.199. The predicted octanol–water partition coefficient (Wildman–Crippen LogP) is 13.8. The number of hydrogen-bond donors (Lipinski definition) is 0. The predicted molar refractivity (Wildman–Crippen MR) is 368 cm³/mol. The molecule has 8 heteroatoms. The Kier molecular flexibility index (Phi) is 11.9. The number of rotatable bonds is 4. The summed E-state index contributed by atoms with van der Waals surface area (Å²) >= 11 is 3.58. The van der Waals surface area contributed by atoms with Crippen LogP contribution in [0.15, 0.2) is 308 Å². The third-order valence-corrected chi connectivity index (χ3v) is 18.9. The van der Waals surface area contributed by atoms with Crippen molar-refractivity contribution < 1.29 is 4.39 Å². The minimum Gasteiger partial charge on any atom is -0.312 e. The van der Waals surface area contributed by atoms with Gasteiger partial charge in [-0.3, -0.25) is 0 Å². The summed E-state index contributed by atoms with van der Waals surface area (Å²) in [5.41, 5.74) is 28.5. The van der Waals surface area contributed by atoms with Crippen LogP contribution in [0.4, 0.5) is 21.5 Å². The fourth-order valence-corrected chi connectivity index (χ4v) is 15.1. The van der Waals surface area contributed by atoms with Crippen LogP contribution in [0.1, 0.15) is 0 Å². The van der Waals surface area contributed by atoms with Gasteiger partial charge in [-0.25, -0.2) is 4.39 Å². The first kappa shape index (κ1) is 50.4. The Bertz CT molecular complexity index is 4960. The molecule has 0 atom stereocenters. The molecule has 0 N–H and O–H groups in total. The summed E-state index contributed by atoms with van der Waals surface area (Å²) in [6.45, 7) is 0.644. The summed E-state index contributed by atoms with van der Waals surface area (Å²) in [7, 11) is 0. The lowest BCUT2D eigenvalue weighted by Crippen LogP contribution is -2.55. The molecule has 0 radical (unpaired) electrons. The van der Waals surface area contributed by atoms with Crippen molar-refractivity contribution in [3.8, 4) is 33.6 Å². The van der Waals surface area contributed by atoms with Crippen molar-refractivity contribution in [3.05, 3.63) is 314 Å². The van der Waals surface area contributed by atoms with Gasteiger partial charge in [-0.2, -0.15) is 0 Å². The molecule has 0 fully saturated rings. The van der Waals surface area contributed by atoms with Crippen LogP contribution in [-0.2, 0) is 0 Å². The molecule has 0 saturated carbocycles.